The summed E-state index contributed by atoms with van der Waals surface area (Å²) in [4.78, 5) is 0. The molecule has 1 nitrogen and oxygen atoms in total. The van der Waals surface area contributed by atoms with Crippen LogP contribution in [0.2, 0.25) is 0 Å². The van der Waals surface area contributed by atoms with Gasteiger partial charge in [0, 0.05) is 6.54 Å². The summed E-state index contributed by atoms with van der Waals surface area (Å²) in [5.41, 5.74) is 0.989. The predicted octanol–water partition coefficient (Wildman–Crippen LogP) is 2.82. The maximum Gasteiger partial charge on any atom is 0.137 e. The standard InChI is InChI=1S/C10H11BrFN/c1-13-6-2-3-8-4-5-10(12)9(11)7-8/h2-5,7,13H,6H2,1H3. The summed E-state index contributed by atoms with van der Waals surface area (Å²) < 4.78 is 13.3. The molecule has 0 aromatic heterocycles. The lowest BCUT2D eigenvalue weighted by atomic mass is 10.2. The van der Waals surface area contributed by atoms with E-state index >= 15 is 0 Å². The van der Waals surface area contributed by atoms with E-state index in [9.17, 15) is 4.39 Å². The number of halogens is 2. The zero-order valence-corrected chi connectivity index (χ0v) is 8.94. The van der Waals surface area contributed by atoms with Gasteiger partial charge in [-0.15, -0.1) is 0 Å². The first-order valence-electron chi connectivity index (χ1n) is 4.00. The second-order valence-corrected chi connectivity index (χ2v) is 3.49. The molecule has 0 amide bonds. The topological polar surface area (TPSA) is 12.0 Å². The van der Waals surface area contributed by atoms with Crippen molar-refractivity contribution in [2.75, 3.05) is 13.6 Å². The number of hydrogen-bond donors (Lipinski definition) is 1. The predicted molar refractivity (Wildman–Crippen MR) is 57.1 cm³/mol. The highest BCUT2D eigenvalue weighted by atomic mass is 79.9. The van der Waals surface area contributed by atoms with Crippen LogP contribution in [0.4, 0.5) is 4.39 Å². The molecule has 0 saturated carbocycles. The van der Waals surface area contributed by atoms with E-state index in [2.05, 4.69) is 21.2 Å². The quantitative estimate of drug-likeness (QED) is 0.862. The molecule has 70 valence electrons. The molecule has 0 saturated heterocycles. The number of hydrogen-bond acceptors (Lipinski definition) is 1. The van der Waals surface area contributed by atoms with Gasteiger partial charge in [-0.25, -0.2) is 4.39 Å². The van der Waals surface area contributed by atoms with Crippen LogP contribution in [0.15, 0.2) is 28.7 Å². The minimum absolute atomic E-state index is 0.231. The molecule has 13 heavy (non-hydrogen) atoms. The zero-order valence-electron chi connectivity index (χ0n) is 7.35. The van der Waals surface area contributed by atoms with Crippen molar-refractivity contribution in [2.24, 2.45) is 0 Å². The van der Waals surface area contributed by atoms with Crippen molar-refractivity contribution in [3.8, 4) is 0 Å². The van der Waals surface area contributed by atoms with Crippen LogP contribution in [-0.2, 0) is 0 Å². The fourth-order valence-corrected chi connectivity index (χ4v) is 1.33. The molecule has 1 aromatic rings. The van der Waals surface area contributed by atoms with Gasteiger partial charge in [-0.3, -0.25) is 0 Å². The van der Waals surface area contributed by atoms with Gasteiger partial charge in [-0.05, 0) is 40.7 Å². The Bertz CT molecular complexity index is 310. The van der Waals surface area contributed by atoms with Gasteiger partial charge >= 0.3 is 0 Å². The maximum atomic E-state index is 12.8. The van der Waals surface area contributed by atoms with Crippen LogP contribution in [-0.4, -0.2) is 13.6 Å². The fraction of sp³-hybridized carbons (Fsp3) is 0.200. The summed E-state index contributed by atoms with van der Waals surface area (Å²) in [7, 11) is 1.88. The summed E-state index contributed by atoms with van der Waals surface area (Å²) in [5, 5.41) is 2.99. The Hall–Kier alpha value is -0.670. The SMILES string of the molecule is CNCC=Cc1ccc(F)c(Br)c1. The minimum atomic E-state index is -0.231. The van der Waals surface area contributed by atoms with Gasteiger partial charge < -0.3 is 5.32 Å². The number of likely N-dealkylation sites (N-methyl/N-ethyl adjacent to an activating group) is 1. The Morgan fingerprint density at radius 1 is 1.54 bits per heavy atom. The molecule has 0 radical (unpaired) electrons. The highest BCUT2D eigenvalue weighted by molar-refractivity contribution is 9.10. The van der Waals surface area contributed by atoms with Crippen LogP contribution in [0.25, 0.3) is 6.08 Å². The van der Waals surface area contributed by atoms with Gasteiger partial charge in [0.15, 0.2) is 0 Å². The van der Waals surface area contributed by atoms with Gasteiger partial charge in [0.2, 0.25) is 0 Å². The molecular formula is C10H11BrFN. The van der Waals surface area contributed by atoms with Crippen LogP contribution < -0.4 is 5.32 Å². The summed E-state index contributed by atoms with van der Waals surface area (Å²) in [5.74, 6) is -0.231. The monoisotopic (exact) mass is 243 g/mol. The van der Waals surface area contributed by atoms with Crippen molar-refractivity contribution in [1.29, 1.82) is 0 Å². The van der Waals surface area contributed by atoms with E-state index in [4.69, 9.17) is 0 Å². The van der Waals surface area contributed by atoms with Crippen LogP contribution in [0.3, 0.4) is 0 Å². The molecule has 0 aliphatic heterocycles. The van der Waals surface area contributed by atoms with Crippen LogP contribution >= 0.6 is 15.9 Å². The second-order valence-electron chi connectivity index (χ2n) is 2.63. The number of benzene rings is 1. The molecule has 0 bridgehead atoms. The first kappa shape index (κ1) is 10.4. The molecule has 0 unspecified atom stereocenters. The molecule has 0 aliphatic carbocycles. The highest BCUT2D eigenvalue weighted by Gasteiger charge is 1.96. The van der Waals surface area contributed by atoms with Crippen molar-refractivity contribution >= 4 is 22.0 Å². The minimum Gasteiger partial charge on any atom is -0.316 e. The van der Waals surface area contributed by atoms with E-state index in [1.807, 2.05) is 19.2 Å². The second kappa shape index (κ2) is 5.14. The summed E-state index contributed by atoms with van der Waals surface area (Å²) in [6.07, 6.45) is 3.93. The maximum absolute atomic E-state index is 12.8. The Morgan fingerprint density at radius 3 is 2.92 bits per heavy atom. The largest absolute Gasteiger partial charge is 0.316 e. The molecule has 0 fully saturated rings. The van der Waals surface area contributed by atoms with Gasteiger partial charge in [0.25, 0.3) is 0 Å². The number of nitrogens with one attached hydrogen (secondary N) is 1. The third-order valence-corrected chi connectivity index (χ3v) is 2.18. The highest BCUT2D eigenvalue weighted by Crippen LogP contribution is 2.17. The molecule has 1 rings (SSSR count). The molecule has 0 spiro atoms. The average molecular weight is 244 g/mol. The smallest absolute Gasteiger partial charge is 0.137 e. The lowest BCUT2D eigenvalue weighted by Gasteiger charge is -1.96. The van der Waals surface area contributed by atoms with Gasteiger partial charge in [-0.1, -0.05) is 18.2 Å². The van der Waals surface area contributed by atoms with Crippen LogP contribution in [0, 0.1) is 5.82 Å². The molecule has 0 atom stereocenters. The van der Waals surface area contributed by atoms with E-state index in [-0.39, 0.29) is 5.82 Å². The van der Waals surface area contributed by atoms with Gasteiger partial charge in [0.1, 0.15) is 5.82 Å². The van der Waals surface area contributed by atoms with Crippen LogP contribution in [0.1, 0.15) is 5.56 Å². The summed E-state index contributed by atoms with van der Waals surface area (Å²) >= 11 is 3.13. The molecule has 3 heteroatoms. The van der Waals surface area contributed by atoms with Gasteiger partial charge in [0.05, 0.1) is 4.47 Å². The molecule has 0 heterocycles. The summed E-state index contributed by atoms with van der Waals surface area (Å²) in [6.45, 7) is 0.814. The molecule has 1 aromatic carbocycles. The Kier molecular flexibility index (Phi) is 4.12. The lowest BCUT2D eigenvalue weighted by molar-refractivity contribution is 0.621. The first-order valence-corrected chi connectivity index (χ1v) is 4.79. The van der Waals surface area contributed by atoms with E-state index in [0.717, 1.165) is 12.1 Å². The lowest BCUT2D eigenvalue weighted by Crippen LogP contribution is -2.03. The van der Waals surface area contributed by atoms with E-state index in [1.54, 1.807) is 12.1 Å². The van der Waals surface area contributed by atoms with Crippen molar-refractivity contribution in [1.82, 2.24) is 5.32 Å². The van der Waals surface area contributed by atoms with Crippen molar-refractivity contribution < 1.29 is 4.39 Å². The molecule has 0 aliphatic rings. The molecular weight excluding hydrogens is 233 g/mol. The van der Waals surface area contributed by atoms with Crippen molar-refractivity contribution in [3.05, 3.63) is 40.1 Å². The Balaban J connectivity index is 2.73. The Labute approximate surface area is 85.8 Å². The van der Waals surface area contributed by atoms with E-state index in [0.29, 0.717) is 4.47 Å². The zero-order chi connectivity index (χ0) is 9.68. The van der Waals surface area contributed by atoms with E-state index in [1.165, 1.54) is 6.07 Å². The third kappa shape index (κ3) is 3.28. The average Bonchev–Trinajstić information content (AvgIpc) is 2.12. The number of rotatable bonds is 3. The summed E-state index contributed by atoms with van der Waals surface area (Å²) in [6, 6.07) is 4.94. The van der Waals surface area contributed by atoms with Crippen LogP contribution in [0.5, 0.6) is 0 Å². The van der Waals surface area contributed by atoms with Gasteiger partial charge in [-0.2, -0.15) is 0 Å². The first-order chi connectivity index (χ1) is 6.24. The van der Waals surface area contributed by atoms with Crippen molar-refractivity contribution in [3.63, 3.8) is 0 Å². The normalized spacial score (nSPS) is 11.0. The Morgan fingerprint density at radius 2 is 2.31 bits per heavy atom. The van der Waals surface area contributed by atoms with E-state index < -0.39 is 0 Å². The third-order valence-electron chi connectivity index (χ3n) is 1.58. The fourth-order valence-electron chi connectivity index (χ4n) is 0.929. The molecule has 1 N–H and O–H groups in total. The van der Waals surface area contributed by atoms with Crippen molar-refractivity contribution in [2.45, 2.75) is 0 Å².